The van der Waals surface area contributed by atoms with Crippen molar-refractivity contribution in [3.63, 3.8) is 0 Å². The van der Waals surface area contributed by atoms with Crippen LogP contribution in [0.25, 0.3) is 0 Å². The second-order valence-corrected chi connectivity index (χ2v) is 3.88. The molecule has 1 aromatic carbocycles. The number of piperidine rings is 1. The van der Waals surface area contributed by atoms with Gasteiger partial charge in [0, 0.05) is 18.8 Å². The second kappa shape index (κ2) is 6.49. The molecule has 0 N–H and O–H groups in total. The lowest BCUT2D eigenvalue weighted by Crippen LogP contribution is -2.29. The Kier molecular flexibility index (Phi) is 5.23. The summed E-state index contributed by atoms with van der Waals surface area (Å²) in [5.41, 5.74) is 2.74. The Morgan fingerprint density at radius 3 is 1.93 bits per heavy atom. The van der Waals surface area contributed by atoms with Crippen molar-refractivity contribution in [3.05, 3.63) is 29.8 Å². The van der Waals surface area contributed by atoms with Gasteiger partial charge in [-0.15, -0.1) is 0 Å². The number of anilines is 1. The number of aryl methyl sites for hydroxylation is 1. The first kappa shape index (κ1) is 12.1. The maximum atomic E-state index is 2.49. The van der Waals surface area contributed by atoms with E-state index in [0.717, 1.165) is 0 Å². The fraction of sp³-hybridized carbons (Fsp3) is 0.571. The fourth-order valence-electron chi connectivity index (χ4n) is 1.91. The van der Waals surface area contributed by atoms with Crippen molar-refractivity contribution in [1.82, 2.24) is 0 Å². The zero-order chi connectivity index (χ0) is 11.1. The van der Waals surface area contributed by atoms with Crippen LogP contribution < -0.4 is 4.90 Å². The summed E-state index contributed by atoms with van der Waals surface area (Å²) in [5.74, 6) is 0. The lowest BCUT2D eigenvalue weighted by atomic mass is 10.1. The van der Waals surface area contributed by atoms with Crippen molar-refractivity contribution in [3.8, 4) is 0 Å². The van der Waals surface area contributed by atoms with Crippen LogP contribution in [0.15, 0.2) is 24.3 Å². The van der Waals surface area contributed by atoms with Crippen LogP contribution in [0.1, 0.15) is 38.7 Å². The molecule has 0 bridgehead atoms. The van der Waals surface area contributed by atoms with Gasteiger partial charge in [-0.1, -0.05) is 31.5 Å². The Bertz CT molecular complexity index is 257. The van der Waals surface area contributed by atoms with Crippen LogP contribution in [0.4, 0.5) is 5.69 Å². The average molecular weight is 205 g/mol. The smallest absolute Gasteiger partial charge is 0.0366 e. The monoisotopic (exact) mass is 205 g/mol. The van der Waals surface area contributed by atoms with Gasteiger partial charge in [0.1, 0.15) is 0 Å². The van der Waals surface area contributed by atoms with Crippen LogP contribution >= 0.6 is 0 Å². The summed E-state index contributed by atoms with van der Waals surface area (Å²) in [4.78, 5) is 2.49. The van der Waals surface area contributed by atoms with Crippen molar-refractivity contribution in [1.29, 1.82) is 0 Å². The minimum atomic E-state index is 1.24. The molecule has 1 aromatic rings. The molecule has 0 unspecified atom stereocenters. The van der Waals surface area contributed by atoms with E-state index in [1.165, 1.54) is 43.6 Å². The first-order valence-electron chi connectivity index (χ1n) is 6.18. The first-order chi connectivity index (χ1) is 7.36. The lowest BCUT2D eigenvalue weighted by Gasteiger charge is -2.28. The van der Waals surface area contributed by atoms with Gasteiger partial charge in [0.25, 0.3) is 0 Å². The lowest BCUT2D eigenvalue weighted by molar-refractivity contribution is 0.578. The normalized spacial score (nSPS) is 15.5. The van der Waals surface area contributed by atoms with Gasteiger partial charge in [-0.05, 0) is 38.3 Å². The molecule has 0 aromatic heterocycles. The zero-order valence-electron chi connectivity index (χ0n) is 10.3. The van der Waals surface area contributed by atoms with Crippen molar-refractivity contribution < 1.29 is 0 Å². The summed E-state index contributed by atoms with van der Waals surface area (Å²) in [6.45, 7) is 8.62. The summed E-state index contributed by atoms with van der Waals surface area (Å²) in [6.07, 6.45) is 4.12. The molecule has 84 valence electrons. The largest absolute Gasteiger partial charge is 0.372 e. The molecule has 1 saturated heterocycles. The van der Waals surface area contributed by atoms with E-state index in [1.807, 2.05) is 13.8 Å². The molecule has 1 aliphatic heterocycles. The summed E-state index contributed by atoms with van der Waals surface area (Å²) in [7, 11) is 0. The Morgan fingerprint density at radius 2 is 1.40 bits per heavy atom. The van der Waals surface area contributed by atoms with Crippen molar-refractivity contribution >= 4 is 5.69 Å². The first-order valence-corrected chi connectivity index (χ1v) is 6.18. The van der Waals surface area contributed by atoms with E-state index in [4.69, 9.17) is 0 Å². The predicted octanol–water partition coefficient (Wildman–Crippen LogP) is 4.01. The maximum absolute atomic E-state index is 2.49. The molecule has 1 heterocycles. The van der Waals surface area contributed by atoms with Crippen molar-refractivity contribution in [2.75, 3.05) is 18.0 Å². The Labute approximate surface area is 94.1 Å². The van der Waals surface area contributed by atoms with Gasteiger partial charge in [-0.25, -0.2) is 0 Å². The van der Waals surface area contributed by atoms with Crippen LogP contribution in [0.2, 0.25) is 0 Å². The minimum absolute atomic E-state index is 1.24. The SMILES string of the molecule is CC.Cc1ccc(N2CCCCC2)cc1. The number of benzene rings is 1. The molecule has 1 heteroatoms. The molecule has 0 saturated carbocycles. The summed E-state index contributed by atoms with van der Waals surface area (Å²) in [5, 5.41) is 0. The molecule has 15 heavy (non-hydrogen) atoms. The van der Waals surface area contributed by atoms with Crippen LogP contribution in [0, 0.1) is 6.92 Å². The Morgan fingerprint density at radius 1 is 0.867 bits per heavy atom. The summed E-state index contributed by atoms with van der Waals surface area (Å²) < 4.78 is 0. The van der Waals surface area contributed by atoms with E-state index in [0.29, 0.717) is 0 Å². The van der Waals surface area contributed by atoms with E-state index >= 15 is 0 Å². The van der Waals surface area contributed by atoms with E-state index in [1.54, 1.807) is 0 Å². The van der Waals surface area contributed by atoms with E-state index in [2.05, 4.69) is 36.1 Å². The third-order valence-corrected chi connectivity index (χ3v) is 2.76. The fourth-order valence-corrected chi connectivity index (χ4v) is 1.91. The molecule has 0 atom stereocenters. The summed E-state index contributed by atoms with van der Waals surface area (Å²) in [6, 6.07) is 8.87. The molecule has 0 amide bonds. The highest BCUT2D eigenvalue weighted by Crippen LogP contribution is 2.19. The van der Waals surface area contributed by atoms with E-state index < -0.39 is 0 Å². The number of hydrogen-bond donors (Lipinski definition) is 0. The molecule has 1 nitrogen and oxygen atoms in total. The highest BCUT2D eigenvalue weighted by Gasteiger charge is 2.09. The van der Waals surface area contributed by atoms with Crippen LogP contribution in [0.5, 0.6) is 0 Å². The minimum Gasteiger partial charge on any atom is -0.372 e. The predicted molar refractivity (Wildman–Crippen MR) is 68.6 cm³/mol. The molecule has 0 spiro atoms. The molecular weight excluding hydrogens is 182 g/mol. The van der Waals surface area contributed by atoms with Gasteiger partial charge >= 0.3 is 0 Å². The molecule has 2 rings (SSSR count). The highest BCUT2D eigenvalue weighted by atomic mass is 15.1. The van der Waals surface area contributed by atoms with Crippen LogP contribution in [0.3, 0.4) is 0 Å². The third-order valence-electron chi connectivity index (χ3n) is 2.76. The zero-order valence-corrected chi connectivity index (χ0v) is 10.3. The van der Waals surface area contributed by atoms with Gasteiger partial charge in [0.15, 0.2) is 0 Å². The van der Waals surface area contributed by atoms with Gasteiger partial charge in [0.05, 0.1) is 0 Å². The number of hydrogen-bond acceptors (Lipinski definition) is 1. The van der Waals surface area contributed by atoms with Gasteiger partial charge in [0.2, 0.25) is 0 Å². The van der Waals surface area contributed by atoms with Crippen LogP contribution in [-0.4, -0.2) is 13.1 Å². The van der Waals surface area contributed by atoms with Crippen molar-refractivity contribution in [2.24, 2.45) is 0 Å². The van der Waals surface area contributed by atoms with E-state index in [9.17, 15) is 0 Å². The second-order valence-electron chi connectivity index (χ2n) is 3.88. The van der Waals surface area contributed by atoms with Crippen LogP contribution in [-0.2, 0) is 0 Å². The quantitative estimate of drug-likeness (QED) is 0.669. The van der Waals surface area contributed by atoms with Gasteiger partial charge in [-0.3, -0.25) is 0 Å². The standard InChI is InChI=1S/C12H17N.C2H6/c1-11-5-7-12(8-6-11)13-9-3-2-4-10-13;1-2/h5-8H,2-4,9-10H2,1H3;1-2H3. The van der Waals surface area contributed by atoms with Gasteiger partial charge < -0.3 is 4.90 Å². The number of rotatable bonds is 1. The third kappa shape index (κ3) is 3.58. The molecular formula is C14H23N. The molecule has 1 fully saturated rings. The van der Waals surface area contributed by atoms with E-state index in [-0.39, 0.29) is 0 Å². The molecule has 0 radical (unpaired) electrons. The summed E-state index contributed by atoms with van der Waals surface area (Å²) >= 11 is 0. The van der Waals surface area contributed by atoms with Crippen molar-refractivity contribution in [2.45, 2.75) is 40.0 Å². The topological polar surface area (TPSA) is 3.24 Å². The average Bonchev–Trinajstić information content (AvgIpc) is 2.34. The highest BCUT2D eigenvalue weighted by molar-refractivity contribution is 5.47. The molecule has 0 aliphatic carbocycles. The Hall–Kier alpha value is -0.980. The maximum Gasteiger partial charge on any atom is 0.0366 e. The molecule has 1 aliphatic rings. The van der Waals surface area contributed by atoms with Gasteiger partial charge in [-0.2, -0.15) is 0 Å². The number of nitrogens with zero attached hydrogens (tertiary/aromatic N) is 1. The Balaban J connectivity index is 0.000000531.